The van der Waals surface area contributed by atoms with Crippen LogP contribution in [0.3, 0.4) is 0 Å². The molecule has 0 fully saturated rings. The molecule has 2 aromatic carbocycles. The molecule has 0 radical (unpaired) electrons. The molecule has 5 nitrogen and oxygen atoms in total. The van der Waals surface area contributed by atoms with Gasteiger partial charge in [-0.05, 0) is 23.8 Å². The van der Waals surface area contributed by atoms with Crippen molar-refractivity contribution in [3.63, 3.8) is 0 Å². The summed E-state index contributed by atoms with van der Waals surface area (Å²) in [5, 5.41) is 8.96. The van der Waals surface area contributed by atoms with Gasteiger partial charge < -0.3 is 10.1 Å². The SMILES string of the molecule is CCOc1ccc2ccccc2c1C(=O)NCc1cnn(C)c1. The minimum Gasteiger partial charge on any atom is -0.493 e. The van der Waals surface area contributed by atoms with Crippen LogP contribution in [0.4, 0.5) is 0 Å². The maximum atomic E-state index is 12.7. The Morgan fingerprint density at radius 3 is 2.83 bits per heavy atom. The van der Waals surface area contributed by atoms with E-state index in [0.717, 1.165) is 16.3 Å². The number of nitrogens with zero attached hydrogens (tertiary/aromatic N) is 2. The summed E-state index contributed by atoms with van der Waals surface area (Å²) in [6, 6.07) is 11.6. The van der Waals surface area contributed by atoms with Gasteiger partial charge in [-0.15, -0.1) is 0 Å². The Morgan fingerprint density at radius 1 is 1.26 bits per heavy atom. The van der Waals surface area contributed by atoms with Crippen molar-refractivity contribution in [2.24, 2.45) is 7.05 Å². The lowest BCUT2D eigenvalue weighted by atomic mass is 10.0. The fraction of sp³-hybridized carbons (Fsp3) is 0.222. The molecule has 0 aliphatic carbocycles. The van der Waals surface area contributed by atoms with E-state index in [4.69, 9.17) is 4.74 Å². The summed E-state index contributed by atoms with van der Waals surface area (Å²) < 4.78 is 7.36. The topological polar surface area (TPSA) is 56.1 Å². The molecule has 0 saturated carbocycles. The Bertz CT molecular complexity index is 839. The second-order valence-corrected chi connectivity index (χ2v) is 5.30. The van der Waals surface area contributed by atoms with Crippen molar-refractivity contribution in [1.82, 2.24) is 15.1 Å². The molecule has 0 aliphatic rings. The van der Waals surface area contributed by atoms with E-state index in [-0.39, 0.29) is 5.91 Å². The zero-order valence-corrected chi connectivity index (χ0v) is 13.2. The summed E-state index contributed by atoms with van der Waals surface area (Å²) in [5.41, 5.74) is 1.54. The summed E-state index contributed by atoms with van der Waals surface area (Å²) >= 11 is 0. The summed E-state index contributed by atoms with van der Waals surface area (Å²) in [6.07, 6.45) is 3.62. The number of amides is 1. The number of nitrogens with one attached hydrogen (secondary N) is 1. The molecule has 1 heterocycles. The Morgan fingerprint density at radius 2 is 2.09 bits per heavy atom. The highest BCUT2D eigenvalue weighted by Gasteiger charge is 2.16. The molecule has 1 amide bonds. The smallest absolute Gasteiger partial charge is 0.255 e. The van der Waals surface area contributed by atoms with E-state index in [1.54, 1.807) is 10.9 Å². The average Bonchev–Trinajstić information content (AvgIpc) is 2.98. The molecule has 23 heavy (non-hydrogen) atoms. The van der Waals surface area contributed by atoms with Crippen molar-refractivity contribution in [2.45, 2.75) is 13.5 Å². The Kier molecular flexibility index (Phi) is 4.28. The Hall–Kier alpha value is -2.82. The van der Waals surface area contributed by atoms with Crippen LogP contribution in [0.15, 0.2) is 48.8 Å². The molecule has 0 atom stereocenters. The number of hydrogen-bond acceptors (Lipinski definition) is 3. The Balaban J connectivity index is 1.92. The molecule has 3 rings (SSSR count). The van der Waals surface area contributed by atoms with Crippen LogP contribution < -0.4 is 10.1 Å². The summed E-state index contributed by atoms with van der Waals surface area (Å²) in [5.74, 6) is 0.462. The third kappa shape index (κ3) is 3.18. The molecule has 5 heteroatoms. The third-order valence-electron chi connectivity index (χ3n) is 3.63. The van der Waals surface area contributed by atoms with Gasteiger partial charge in [0.25, 0.3) is 5.91 Å². The van der Waals surface area contributed by atoms with Gasteiger partial charge in [-0.1, -0.05) is 30.3 Å². The van der Waals surface area contributed by atoms with E-state index in [1.807, 2.05) is 56.6 Å². The fourth-order valence-electron chi connectivity index (χ4n) is 2.60. The zero-order chi connectivity index (χ0) is 16.2. The molecule has 1 aromatic heterocycles. The van der Waals surface area contributed by atoms with Gasteiger partial charge in [-0.2, -0.15) is 5.10 Å². The second kappa shape index (κ2) is 6.52. The number of hydrogen-bond donors (Lipinski definition) is 1. The highest BCUT2D eigenvalue weighted by Crippen LogP contribution is 2.28. The van der Waals surface area contributed by atoms with Gasteiger partial charge in [0.1, 0.15) is 5.75 Å². The van der Waals surface area contributed by atoms with E-state index >= 15 is 0 Å². The van der Waals surface area contributed by atoms with E-state index < -0.39 is 0 Å². The standard InChI is InChI=1S/C18H19N3O2/c1-3-23-16-9-8-14-6-4-5-7-15(14)17(16)18(22)19-10-13-11-20-21(2)12-13/h4-9,11-12H,3,10H2,1-2H3,(H,19,22). The highest BCUT2D eigenvalue weighted by atomic mass is 16.5. The van der Waals surface area contributed by atoms with Gasteiger partial charge in [0.15, 0.2) is 0 Å². The number of rotatable bonds is 5. The average molecular weight is 309 g/mol. The second-order valence-electron chi connectivity index (χ2n) is 5.30. The van der Waals surface area contributed by atoms with E-state index in [1.165, 1.54) is 0 Å². The number of carbonyl (C=O) groups excluding carboxylic acids is 1. The summed E-state index contributed by atoms with van der Waals surface area (Å²) in [7, 11) is 1.85. The monoisotopic (exact) mass is 309 g/mol. The van der Waals surface area contributed by atoms with Crippen molar-refractivity contribution in [3.8, 4) is 5.75 Å². The fourth-order valence-corrected chi connectivity index (χ4v) is 2.60. The number of aromatic nitrogens is 2. The number of ether oxygens (including phenoxy) is 1. The minimum atomic E-state index is -0.144. The molecule has 0 saturated heterocycles. The molecule has 0 spiro atoms. The predicted molar refractivity (Wildman–Crippen MR) is 89.5 cm³/mol. The maximum absolute atomic E-state index is 12.7. The lowest BCUT2D eigenvalue weighted by Gasteiger charge is -2.13. The van der Waals surface area contributed by atoms with E-state index in [2.05, 4.69) is 10.4 Å². The predicted octanol–water partition coefficient (Wildman–Crippen LogP) is 2.90. The normalized spacial score (nSPS) is 10.7. The highest BCUT2D eigenvalue weighted by molar-refractivity contribution is 6.09. The molecule has 0 unspecified atom stereocenters. The molecular formula is C18H19N3O2. The van der Waals surface area contributed by atoms with Crippen molar-refractivity contribution >= 4 is 16.7 Å². The van der Waals surface area contributed by atoms with Gasteiger partial charge in [0.05, 0.1) is 18.4 Å². The first-order chi connectivity index (χ1) is 11.2. The van der Waals surface area contributed by atoms with Crippen molar-refractivity contribution < 1.29 is 9.53 Å². The number of benzene rings is 2. The van der Waals surface area contributed by atoms with Crippen LogP contribution in [-0.4, -0.2) is 22.3 Å². The van der Waals surface area contributed by atoms with Crippen LogP contribution in [0.25, 0.3) is 10.8 Å². The molecule has 3 aromatic rings. The minimum absolute atomic E-state index is 0.144. The molecule has 0 aliphatic heterocycles. The third-order valence-corrected chi connectivity index (χ3v) is 3.63. The molecular weight excluding hydrogens is 290 g/mol. The van der Waals surface area contributed by atoms with Crippen LogP contribution in [0.5, 0.6) is 5.75 Å². The first kappa shape index (κ1) is 15.1. The van der Waals surface area contributed by atoms with Gasteiger partial charge in [-0.3, -0.25) is 9.48 Å². The largest absolute Gasteiger partial charge is 0.493 e. The van der Waals surface area contributed by atoms with Crippen molar-refractivity contribution in [3.05, 3.63) is 59.9 Å². The van der Waals surface area contributed by atoms with Gasteiger partial charge in [-0.25, -0.2) is 0 Å². The summed E-state index contributed by atoms with van der Waals surface area (Å²) in [4.78, 5) is 12.7. The van der Waals surface area contributed by atoms with Crippen LogP contribution in [-0.2, 0) is 13.6 Å². The van der Waals surface area contributed by atoms with Gasteiger partial charge in [0.2, 0.25) is 0 Å². The lowest BCUT2D eigenvalue weighted by molar-refractivity contribution is 0.0949. The van der Waals surface area contributed by atoms with Crippen LogP contribution >= 0.6 is 0 Å². The number of fused-ring (bicyclic) bond motifs is 1. The van der Waals surface area contributed by atoms with Crippen LogP contribution in [0.2, 0.25) is 0 Å². The van der Waals surface area contributed by atoms with Crippen molar-refractivity contribution in [1.29, 1.82) is 0 Å². The first-order valence-corrected chi connectivity index (χ1v) is 7.59. The van der Waals surface area contributed by atoms with Crippen LogP contribution in [0, 0.1) is 0 Å². The van der Waals surface area contributed by atoms with E-state index in [9.17, 15) is 4.79 Å². The van der Waals surface area contributed by atoms with Gasteiger partial charge >= 0.3 is 0 Å². The van der Waals surface area contributed by atoms with Crippen molar-refractivity contribution in [2.75, 3.05) is 6.61 Å². The van der Waals surface area contributed by atoms with Gasteiger partial charge in [0, 0.05) is 25.4 Å². The quantitative estimate of drug-likeness (QED) is 0.788. The summed E-state index contributed by atoms with van der Waals surface area (Å²) in [6.45, 7) is 2.86. The first-order valence-electron chi connectivity index (χ1n) is 7.59. The van der Waals surface area contributed by atoms with E-state index in [0.29, 0.717) is 24.5 Å². The Labute approximate surface area is 134 Å². The lowest BCUT2D eigenvalue weighted by Crippen LogP contribution is -2.23. The molecule has 118 valence electrons. The number of carbonyl (C=O) groups is 1. The molecule has 1 N–H and O–H groups in total. The maximum Gasteiger partial charge on any atom is 0.255 e. The van der Waals surface area contributed by atoms with Crippen LogP contribution in [0.1, 0.15) is 22.8 Å². The number of aryl methyl sites for hydroxylation is 1. The zero-order valence-electron chi connectivity index (χ0n) is 13.2. The molecule has 0 bridgehead atoms.